The molecule has 0 saturated carbocycles. The highest BCUT2D eigenvalue weighted by Crippen LogP contribution is 2.21. The topological polar surface area (TPSA) is 36.3 Å². The standard InChI is InChI=1S/C12H21BN2O2/c1-5-6-11-10(7-15(4)14-11)13-16-8-12(2,3)9-17-13/h7H,5-6,8-9H2,1-4H3. The molecule has 4 nitrogen and oxygen atoms in total. The van der Waals surface area contributed by atoms with Gasteiger partial charge < -0.3 is 9.31 Å². The zero-order chi connectivity index (χ0) is 12.5. The van der Waals surface area contributed by atoms with E-state index in [1.807, 2.05) is 17.9 Å². The van der Waals surface area contributed by atoms with Gasteiger partial charge in [0.25, 0.3) is 0 Å². The number of nitrogens with zero attached hydrogens (tertiary/aromatic N) is 2. The van der Waals surface area contributed by atoms with Gasteiger partial charge in [-0.2, -0.15) is 5.10 Å². The molecule has 1 aliphatic heterocycles. The van der Waals surface area contributed by atoms with Crippen LogP contribution in [0.4, 0.5) is 0 Å². The van der Waals surface area contributed by atoms with Crippen LogP contribution in [0.1, 0.15) is 32.9 Å². The highest BCUT2D eigenvalue weighted by molar-refractivity contribution is 6.61. The number of aromatic nitrogens is 2. The van der Waals surface area contributed by atoms with Crippen molar-refractivity contribution in [2.24, 2.45) is 12.5 Å². The summed E-state index contributed by atoms with van der Waals surface area (Å²) in [6, 6.07) is 0. The summed E-state index contributed by atoms with van der Waals surface area (Å²) in [5.41, 5.74) is 2.30. The molecule has 0 aliphatic carbocycles. The van der Waals surface area contributed by atoms with Crippen LogP contribution in [0.3, 0.4) is 0 Å². The van der Waals surface area contributed by atoms with Crippen molar-refractivity contribution in [2.75, 3.05) is 13.2 Å². The van der Waals surface area contributed by atoms with Crippen molar-refractivity contribution in [1.82, 2.24) is 9.78 Å². The minimum atomic E-state index is -0.238. The molecule has 0 bridgehead atoms. The Morgan fingerprint density at radius 1 is 1.41 bits per heavy atom. The third-order valence-corrected chi connectivity index (χ3v) is 2.93. The highest BCUT2D eigenvalue weighted by atomic mass is 16.6. The minimum absolute atomic E-state index is 0.115. The first-order valence-electron chi connectivity index (χ1n) is 6.27. The van der Waals surface area contributed by atoms with E-state index in [1.54, 1.807) is 0 Å². The summed E-state index contributed by atoms with van der Waals surface area (Å²) < 4.78 is 13.4. The summed E-state index contributed by atoms with van der Waals surface area (Å²) in [5, 5.41) is 4.47. The quantitative estimate of drug-likeness (QED) is 0.738. The summed E-state index contributed by atoms with van der Waals surface area (Å²) >= 11 is 0. The van der Waals surface area contributed by atoms with E-state index in [1.165, 1.54) is 0 Å². The Labute approximate surface area is 103 Å². The summed E-state index contributed by atoms with van der Waals surface area (Å²) in [6.07, 6.45) is 4.07. The predicted molar refractivity (Wildman–Crippen MR) is 68.3 cm³/mol. The predicted octanol–water partition coefficient (Wildman–Crippen LogP) is 1.14. The van der Waals surface area contributed by atoms with Gasteiger partial charge in [-0.05, 0) is 6.42 Å². The van der Waals surface area contributed by atoms with Crippen LogP contribution in [0.5, 0.6) is 0 Å². The first-order valence-corrected chi connectivity index (χ1v) is 6.27. The molecule has 17 heavy (non-hydrogen) atoms. The Bertz CT molecular complexity index is 380. The van der Waals surface area contributed by atoms with Gasteiger partial charge in [0.05, 0.1) is 5.69 Å². The van der Waals surface area contributed by atoms with Crippen molar-refractivity contribution in [3.63, 3.8) is 0 Å². The molecule has 0 atom stereocenters. The first-order chi connectivity index (χ1) is 8.02. The molecule has 0 unspecified atom stereocenters. The number of rotatable bonds is 3. The lowest BCUT2D eigenvalue weighted by Crippen LogP contribution is -2.48. The van der Waals surface area contributed by atoms with Crippen LogP contribution in [0.2, 0.25) is 0 Å². The van der Waals surface area contributed by atoms with Crippen LogP contribution in [-0.2, 0) is 22.8 Å². The molecule has 5 heteroatoms. The van der Waals surface area contributed by atoms with Gasteiger partial charge in [0.2, 0.25) is 0 Å². The molecule has 0 aromatic carbocycles. The van der Waals surface area contributed by atoms with Crippen LogP contribution in [0, 0.1) is 5.41 Å². The smallest absolute Gasteiger partial charge is 0.407 e. The van der Waals surface area contributed by atoms with Gasteiger partial charge >= 0.3 is 7.12 Å². The zero-order valence-electron chi connectivity index (χ0n) is 11.2. The third kappa shape index (κ3) is 2.90. The van der Waals surface area contributed by atoms with E-state index in [4.69, 9.17) is 9.31 Å². The fourth-order valence-corrected chi connectivity index (χ4v) is 2.05. The Hall–Kier alpha value is -0.805. The maximum atomic E-state index is 5.80. The molecule has 94 valence electrons. The fourth-order valence-electron chi connectivity index (χ4n) is 2.05. The number of hydrogen-bond acceptors (Lipinski definition) is 3. The maximum Gasteiger partial charge on any atom is 0.497 e. The molecule has 1 aromatic heterocycles. The SMILES string of the molecule is CCCc1nn(C)cc1B1OCC(C)(C)CO1. The lowest BCUT2D eigenvalue weighted by molar-refractivity contribution is 0.0342. The van der Waals surface area contributed by atoms with Gasteiger partial charge in [0.15, 0.2) is 0 Å². The number of hydrogen-bond donors (Lipinski definition) is 0. The molecule has 0 radical (unpaired) electrons. The second kappa shape index (κ2) is 4.82. The molecular formula is C12H21BN2O2. The Morgan fingerprint density at radius 2 is 2.06 bits per heavy atom. The van der Waals surface area contributed by atoms with Gasteiger partial charge in [0, 0.05) is 37.3 Å². The van der Waals surface area contributed by atoms with Gasteiger partial charge in [0.1, 0.15) is 0 Å². The summed E-state index contributed by atoms with van der Waals surface area (Å²) in [5.74, 6) is 0. The molecule has 0 spiro atoms. The van der Waals surface area contributed by atoms with Gasteiger partial charge in [-0.1, -0.05) is 27.2 Å². The second-order valence-electron chi connectivity index (χ2n) is 5.57. The van der Waals surface area contributed by atoms with Crippen LogP contribution < -0.4 is 5.46 Å². The third-order valence-electron chi connectivity index (χ3n) is 2.93. The van der Waals surface area contributed by atoms with E-state index >= 15 is 0 Å². The Balaban J connectivity index is 2.12. The van der Waals surface area contributed by atoms with Crippen LogP contribution >= 0.6 is 0 Å². The minimum Gasteiger partial charge on any atom is -0.407 e. The normalized spacial score (nSPS) is 19.6. The van der Waals surface area contributed by atoms with Crippen LogP contribution in [-0.4, -0.2) is 30.1 Å². The lowest BCUT2D eigenvalue weighted by atomic mass is 9.75. The van der Waals surface area contributed by atoms with Crippen molar-refractivity contribution in [2.45, 2.75) is 33.6 Å². The zero-order valence-corrected chi connectivity index (χ0v) is 11.2. The average molecular weight is 236 g/mol. The van der Waals surface area contributed by atoms with Crippen molar-refractivity contribution in [3.05, 3.63) is 11.9 Å². The molecule has 1 fully saturated rings. The lowest BCUT2D eigenvalue weighted by Gasteiger charge is -2.32. The van der Waals surface area contributed by atoms with Crippen molar-refractivity contribution in [1.29, 1.82) is 0 Å². The molecule has 1 aromatic rings. The van der Waals surface area contributed by atoms with Crippen molar-refractivity contribution in [3.8, 4) is 0 Å². The fraction of sp³-hybridized carbons (Fsp3) is 0.750. The van der Waals surface area contributed by atoms with E-state index in [9.17, 15) is 0 Å². The van der Waals surface area contributed by atoms with E-state index in [-0.39, 0.29) is 12.5 Å². The van der Waals surface area contributed by atoms with E-state index in [0.717, 1.165) is 37.2 Å². The van der Waals surface area contributed by atoms with Crippen LogP contribution in [0.25, 0.3) is 0 Å². The van der Waals surface area contributed by atoms with Crippen molar-refractivity contribution >= 4 is 12.6 Å². The Morgan fingerprint density at radius 3 is 2.65 bits per heavy atom. The second-order valence-corrected chi connectivity index (χ2v) is 5.57. The average Bonchev–Trinajstić information content (AvgIpc) is 2.60. The highest BCUT2D eigenvalue weighted by Gasteiger charge is 2.35. The summed E-state index contributed by atoms with van der Waals surface area (Å²) in [6.45, 7) is 7.93. The van der Waals surface area contributed by atoms with Crippen LogP contribution in [0.15, 0.2) is 6.20 Å². The van der Waals surface area contributed by atoms with Gasteiger partial charge in [-0.15, -0.1) is 0 Å². The van der Waals surface area contributed by atoms with E-state index in [0.29, 0.717) is 0 Å². The van der Waals surface area contributed by atoms with Gasteiger partial charge in [-0.25, -0.2) is 0 Å². The first kappa shape index (κ1) is 12.6. The van der Waals surface area contributed by atoms with E-state index in [2.05, 4.69) is 25.9 Å². The maximum absolute atomic E-state index is 5.80. The molecule has 1 aliphatic rings. The Kier molecular flexibility index (Phi) is 3.59. The largest absolute Gasteiger partial charge is 0.497 e. The van der Waals surface area contributed by atoms with Crippen molar-refractivity contribution < 1.29 is 9.31 Å². The monoisotopic (exact) mass is 236 g/mol. The number of aryl methyl sites for hydroxylation is 2. The van der Waals surface area contributed by atoms with E-state index < -0.39 is 0 Å². The molecule has 1 saturated heterocycles. The molecule has 0 amide bonds. The molecule has 0 N–H and O–H groups in total. The molecule has 2 heterocycles. The van der Waals surface area contributed by atoms with Gasteiger partial charge in [-0.3, -0.25) is 4.68 Å². The summed E-state index contributed by atoms with van der Waals surface area (Å²) in [4.78, 5) is 0. The summed E-state index contributed by atoms with van der Waals surface area (Å²) in [7, 11) is 1.70. The molecular weight excluding hydrogens is 215 g/mol. The molecule has 2 rings (SSSR count).